The molecule has 0 bridgehead atoms. The number of carbonyl (C=O) groups is 1. The standard InChI is InChI=1S/C20H27N5O3S/c1-14(29-20-23-21-13-24(20)2)15-5-3-6-16(11-15)22-19(26)25-8-10-28-18(12-25)17-7-4-9-27-17/h3,5-6,11,13-14,17-18H,4,7-10,12H2,1-2H3,(H,22,26)/t14-,17+,18-/m0/s1. The molecule has 2 aliphatic heterocycles. The van der Waals surface area contributed by atoms with Crippen molar-refractivity contribution in [2.45, 2.75) is 42.4 Å². The molecule has 1 aromatic carbocycles. The summed E-state index contributed by atoms with van der Waals surface area (Å²) in [5, 5.41) is 12.1. The number of thioether (sulfide) groups is 1. The molecule has 0 spiro atoms. The maximum Gasteiger partial charge on any atom is 0.322 e. The van der Waals surface area contributed by atoms with E-state index in [2.05, 4.69) is 28.5 Å². The zero-order chi connectivity index (χ0) is 20.2. The monoisotopic (exact) mass is 417 g/mol. The van der Waals surface area contributed by atoms with Crippen molar-refractivity contribution in [2.75, 3.05) is 31.6 Å². The van der Waals surface area contributed by atoms with E-state index in [1.54, 1.807) is 18.1 Å². The van der Waals surface area contributed by atoms with Crippen molar-refractivity contribution in [3.8, 4) is 0 Å². The zero-order valence-corrected chi connectivity index (χ0v) is 17.6. The van der Waals surface area contributed by atoms with Crippen LogP contribution < -0.4 is 5.32 Å². The number of anilines is 1. The summed E-state index contributed by atoms with van der Waals surface area (Å²) in [7, 11) is 1.93. The van der Waals surface area contributed by atoms with E-state index in [9.17, 15) is 4.79 Å². The molecule has 1 aromatic heterocycles. The molecule has 3 atom stereocenters. The van der Waals surface area contributed by atoms with Crippen molar-refractivity contribution in [2.24, 2.45) is 7.05 Å². The van der Waals surface area contributed by atoms with Gasteiger partial charge in [-0.3, -0.25) is 0 Å². The van der Waals surface area contributed by atoms with Crippen molar-refractivity contribution in [1.29, 1.82) is 0 Å². The number of rotatable bonds is 5. The van der Waals surface area contributed by atoms with Crippen LogP contribution in [0.1, 0.15) is 30.6 Å². The van der Waals surface area contributed by atoms with Crippen LogP contribution in [-0.4, -0.2) is 64.2 Å². The minimum atomic E-state index is -0.0953. The van der Waals surface area contributed by atoms with Crippen molar-refractivity contribution >= 4 is 23.5 Å². The predicted molar refractivity (Wildman–Crippen MR) is 111 cm³/mol. The summed E-state index contributed by atoms with van der Waals surface area (Å²) < 4.78 is 13.5. The fraction of sp³-hybridized carbons (Fsp3) is 0.550. The zero-order valence-electron chi connectivity index (χ0n) is 16.8. The van der Waals surface area contributed by atoms with Crippen LogP contribution in [0.2, 0.25) is 0 Å². The maximum atomic E-state index is 12.8. The molecular weight excluding hydrogens is 390 g/mol. The molecule has 0 unspecified atom stereocenters. The number of amides is 2. The second kappa shape index (κ2) is 9.15. The minimum Gasteiger partial charge on any atom is -0.375 e. The Morgan fingerprint density at radius 3 is 2.93 bits per heavy atom. The second-order valence-electron chi connectivity index (χ2n) is 7.45. The van der Waals surface area contributed by atoms with E-state index in [1.807, 2.05) is 34.7 Å². The van der Waals surface area contributed by atoms with E-state index in [1.165, 1.54) is 0 Å². The summed E-state index contributed by atoms with van der Waals surface area (Å²) >= 11 is 1.64. The van der Waals surface area contributed by atoms with E-state index in [-0.39, 0.29) is 23.5 Å². The molecule has 0 radical (unpaired) electrons. The van der Waals surface area contributed by atoms with E-state index in [0.717, 1.165) is 35.9 Å². The third-order valence-electron chi connectivity index (χ3n) is 5.32. The number of urea groups is 1. The highest BCUT2D eigenvalue weighted by Crippen LogP contribution is 2.34. The van der Waals surface area contributed by atoms with Gasteiger partial charge in [0.25, 0.3) is 0 Å². The Morgan fingerprint density at radius 2 is 2.17 bits per heavy atom. The topological polar surface area (TPSA) is 81.5 Å². The number of benzene rings is 1. The van der Waals surface area contributed by atoms with Crippen LogP contribution in [0.4, 0.5) is 10.5 Å². The first-order valence-electron chi connectivity index (χ1n) is 10.00. The Balaban J connectivity index is 1.37. The smallest absolute Gasteiger partial charge is 0.322 e. The molecule has 156 valence electrons. The summed E-state index contributed by atoms with van der Waals surface area (Å²) in [4.78, 5) is 14.6. The van der Waals surface area contributed by atoms with Gasteiger partial charge in [-0.15, -0.1) is 10.2 Å². The maximum absolute atomic E-state index is 12.8. The van der Waals surface area contributed by atoms with Gasteiger partial charge in [0.2, 0.25) is 0 Å². The Hall–Kier alpha value is -2.10. The van der Waals surface area contributed by atoms with E-state index in [0.29, 0.717) is 19.7 Å². The number of hydrogen-bond acceptors (Lipinski definition) is 6. The number of hydrogen-bond donors (Lipinski definition) is 1. The molecule has 9 heteroatoms. The third-order valence-corrected chi connectivity index (χ3v) is 6.53. The SMILES string of the molecule is C[C@H](Sc1nncn1C)c1cccc(NC(=O)N2CCO[C@H]([C@H]3CCCO3)C2)c1. The number of nitrogens with one attached hydrogen (secondary N) is 1. The third kappa shape index (κ3) is 4.91. The summed E-state index contributed by atoms with van der Waals surface area (Å²) in [6, 6.07) is 7.87. The number of ether oxygens (including phenoxy) is 2. The van der Waals surface area contributed by atoms with Crippen LogP contribution in [0.25, 0.3) is 0 Å². The lowest BCUT2D eigenvalue weighted by Crippen LogP contribution is -2.51. The number of carbonyl (C=O) groups excluding carboxylic acids is 1. The highest BCUT2D eigenvalue weighted by molar-refractivity contribution is 7.99. The van der Waals surface area contributed by atoms with Crippen LogP contribution in [0.5, 0.6) is 0 Å². The van der Waals surface area contributed by atoms with Gasteiger partial charge in [-0.25, -0.2) is 4.79 Å². The first-order valence-corrected chi connectivity index (χ1v) is 10.9. The van der Waals surface area contributed by atoms with Gasteiger partial charge in [0.1, 0.15) is 12.4 Å². The molecule has 2 saturated heterocycles. The van der Waals surface area contributed by atoms with Crippen LogP contribution in [0.3, 0.4) is 0 Å². The average Bonchev–Trinajstić information content (AvgIpc) is 3.41. The van der Waals surface area contributed by atoms with E-state index in [4.69, 9.17) is 9.47 Å². The van der Waals surface area contributed by atoms with Gasteiger partial charge < -0.3 is 24.3 Å². The van der Waals surface area contributed by atoms with Gasteiger partial charge in [-0.1, -0.05) is 23.9 Å². The van der Waals surface area contributed by atoms with E-state index < -0.39 is 0 Å². The Bertz CT molecular complexity index is 839. The fourth-order valence-corrected chi connectivity index (χ4v) is 4.56. The molecule has 29 heavy (non-hydrogen) atoms. The lowest BCUT2D eigenvalue weighted by molar-refractivity contribution is -0.0839. The molecule has 3 heterocycles. The Labute approximate surface area is 175 Å². The lowest BCUT2D eigenvalue weighted by Gasteiger charge is -2.35. The molecule has 2 amide bonds. The summed E-state index contributed by atoms with van der Waals surface area (Å²) in [5.74, 6) is 0. The van der Waals surface area contributed by atoms with Gasteiger partial charge in [0.15, 0.2) is 5.16 Å². The quantitative estimate of drug-likeness (QED) is 0.753. The molecule has 8 nitrogen and oxygen atoms in total. The molecule has 0 saturated carbocycles. The normalized spacial score (nSPS) is 23.2. The average molecular weight is 418 g/mol. The van der Waals surface area contributed by atoms with Gasteiger partial charge in [-0.2, -0.15) is 0 Å². The summed E-state index contributed by atoms with van der Waals surface area (Å²) in [5.41, 5.74) is 1.91. The molecule has 2 fully saturated rings. The van der Waals surface area contributed by atoms with Crippen LogP contribution in [0, 0.1) is 0 Å². The van der Waals surface area contributed by atoms with Crippen molar-refractivity contribution in [1.82, 2.24) is 19.7 Å². The van der Waals surface area contributed by atoms with Crippen molar-refractivity contribution in [3.05, 3.63) is 36.2 Å². The molecule has 0 aliphatic carbocycles. The predicted octanol–water partition coefficient (Wildman–Crippen LogP) is 3.08. The second-order valence-corrected chi connectivity index (χ2v) is 8.75. The fourth-order valence-electron chi connectivity index (χ4n) is 3.66. The van der Waals surface area contributed by atoms with Gasteiger partial charge in [0, 0.05) is 31.1 Å². The summed E-state index contributed by atoms with van der Waals surface area (Å²) in [6.07, 6.45) is 3.83. The van der Waals surface area contributed by atoms with Crippen LogP contribution in [0.15, 0.2) is 35.7 Å². The number of nitrogens with zero attached hydrogens (tertiary/aromatic N) is 4. The van der Waals surface area contributed by atoms with Crippen LogP contribution >= 0.6 is 11.8 Å². The van der Waals surface area contributed by atoms with Gasteiger partial charge in [0.05, 0.1) is 19.3 Å². The highest BCUT2D eigenvalue weighted by atomic mass is 32.2. The van der Waals surface area contributed by atoms with Crippen molar-refractivity contribution in [3.63, 3.8) is 0 Å². The largest absolute Gasteiger partial charge is 0.375 e. The molecular formula is C20H27N5O3S. The van der Waals surface area contributed by atoms with Crippen molar-refractivity contribution < 1.29 is 14.3 Å². The Morgan fingerprint density at radius 1 is 1.31 bits per heavy atom. The minimum absolute atomic E-state index is 0.0360. The summed E-state index contributed by atoms with van der Waals surface area (Å²) in [6.45, 7) is 4.60. The number of aromatic nitrogens is 3. The van der Waals surface area contributed by atoms with E-state index >= 15 is 0 Å². The molecule has 2 aliphatic rings. The van der Waals surface area contributed by atoms with Gasteiger partial charge >= 0.3 is 6.03 Å². The Kier molecular flexibility index (Phi) is 6.37. The lowest BCUT2D eigenvalue weighted by atomic mass is 10.1. The highest BCUT2D eigenvalue weighted by Gasteiger charge is 2.32. The van der Waals surface area contributed by atoms with Gasteiger partial charge in [-0.05, 0) is 37.5 Å². The van der Waals surface area contributed by atoms with Crippen LogP contribution in [-0.2, 0) is 16.5 Å². The molecule has 2 aromatic rings. The molecule has 1 N–H and O–H groups in total. The first-order chi connectivity index (χ1) is 14.1. The molecule has 4 rings (SSSR count). The number of aryl methyl sites for hydroxylation is 1. The number of morpholine rings is 1. The first kappa shape index (κ1) is 20.2.